The average molecular weight is 401 g/mol. The Hall–Kier alpha value is -1.98. The van der Waals surface area contributed by atoms with Gasteiger partial charge in [-0.05, 0) is 49.2 Å². The van der Waals surface area contributed by atoms with E-state index >= 15 is 0 Å². The first-order valence-corrected chi connectivity index (χ1v) is 9.83. The van der Waals surface area contributed by atoms with Gasteiger partial charge in [0.25, 0.3) is 0 Å². The van der Waals surface area contributed by atoms with Crippen LogP contribution in [0.15, 0.2) is 54.6 Å². The van der Waals surface area contributed by atoms with Crippen molar-refractivity contribution in [2.45, 2.75) is 31.7 Å². The maximum atomic E-state index is 13.0. The van der Waals surface area contributed by atoms with Gasteiger partial charge in [0.05, 0.1) is 19.6 Å². The molecule has 0 saturated carbocycles. The zero-order valence-electron chi connectivity index (χ0n) is 16.9. The fourth-order valence-corrected chi connectivity index (χ4v) is 3.77. The molecule has 0 spiro atoms. The predicted molar refractivity (Wildman–Crippen MR) is 119 cm³/mol. The average Bonchev–Trinajstić information content (AvgIpc) is 2.73. The lowest BCUT2D eigenvalue weighted by atomic mass is 10.0. The third-order valence-electron chi connectivity index (χ3n) is 5.41. The summed E-state index contributed by atoms with van der Waals surface area (Å²) in [6.07, 6.45) is 4.21. The van der Waals surface area contributed by atoms with Gasteiger partial charge in [0.1, 0.15) is 5.75 Å². The number of nitrogens with zero attached hydrogens (tertiary/aromatic N) is 2. The van der Waals surface area contributed by atoms with Crippen molar-refractivity contribution in [3.8, 4) is 5.75 Å². The molecule has 3 rings (SSSR count). The molecule has 1 heterocycles. The van der Waals surface area contributed by atoms with Gasteiger partial charge in [-0.2, -0.15) is 13.5 Å². The molecule has 28 heavy (non-hydrogen) atoms. The summed E-state index contributed by atoms with van der Waals surface area (Å²) in [4.78, 5) is 17.5. The van der Waals surface area contributed by atoms with Crippen molar-refractivity contribution in [2.24, 2.45) is 0 Å². The maximum absolute atomic E-state index is 13.0. The minimum absolute atomic E-state index is 0. The van der Waals surface area contributed by atoms with Crippen molar-refractivity contribution < 1.29 is 9.53 Å². The zero-order valence-corrected chi connectivity index (χ0v) is 17.9. The van der Waals surface area contributed by atoms with Crippen LogP contribution < -0.4 is 4.74 Å². The summed E-state index contributed by atoms with van der Waals surface area (Å²) in [5.74, 6) is 0.921. The Labute approximate surface area is 175 Å². The van der Waals surface area contributed by atoms with Crippen LogP contribution in [0.25, 0.3) is 0 Å². The first-order chi connectivity index (χ1) is 13.2. The Morgan fingerprint density at radius 1 is 1.07 bits per heavy atom. The summed E-state index contributed by atoms with van der Waals surface area (Å²) in [6.45, 7) is 3.15. The highest BCUT2D eigenvalue weighted by Crippen LogP contribution is 2.24. The molecular formula is C23H32N2O2S. The summed E-state index contributed by atoms with van der Waals surface area (Å²) in [7, 11) is 3.58. The van der Waals surface area contributed by atoms with E-state index in [9.17, 15) is 4.79 Å². The topological polar surface area (TPSA) is 32.8 Å². The summed E-state index contributed by atoms with van der Waals surface area (Å²) >= 11 is 0. The van der Waals surface area contributed by atoms with Crippen LogP contribution in [0.2, 0.25) is 0 Å². The molecule has 0 bridgehead atoms. The third kappa shape index (κ3) is 6.01. The minimum atomic E-state index is 0. The number of carbonyl (C=O) groups is 1. The molecule has 1 aliphatic rings. The molecule has 0 radical (unpaired) electrons. The second-order valence-corrected chi connectivity index (χ2v) is 7.32. The van der Waals surface area contributed by atoms with Gasteiger partial charge in [0.15, 0.2) is 0 Å². The number of benzene rings is 2. The van der Waals surface area contributed by atoms with Crippen LogP contribution in [0.1, 0.15) is 36.4 Å². The molecule has 0 aromatic heterocycles. The molecule has 1 atom stereocenters. The van der Waals surface area contributed by atoms with Crippen molar-refractivity contribution in [3.63, 3.8) is 0 Å². The largest absolute Gasteiger partial charge is 0.497 e. The summed E-state index contributed by atoms with van der Waals surface area (Å²) < 4.78 is 5.28. The lowest BCUT2D eigenvalue weighted by Crippen LogP contribution is -2.41. The number of likely N-dealkylation sites (tertiary alicyclic amines) is 1. The fraction of sp³-hybridized carbons (Fsp3) is 0.435. The normalized spacial score (nSPS) is 15.4. The van der Waals surface area contributed by atoms with Gasteiger partial charge in [0, 0.05) is 13.6 Å². The van der Waals surface area contributed by atoms with Gasteiger partial charge >= 0.3 is 0 Å². The SMILES string of the molecule is COc1cccc(CC(=O)N(C)[C@H](CN2CCCCC2)c2ccccc2)c1.S. The van der Waals surface area contributed by atoms with E-state index in [1.54, 1.807) is 7.11 Å². The van der Waals surface area contributed by atoms with Crippen LogP contribution >= 0.6 is 13.5 Å². The maximum Gasteiger partial charge on any atom is 0.227 e. The first kappa shape index (κ1) is 22.3. The highest BCUT2D eigenvalue weighted by molar-refractivity contribution is 7.59. The van der Waals surface area contributed by atoms with Crippen molar-refractivity contribution in [1.82, 2.24) is 9.80 Å². The fourth-order valence-electron chi connectivity index (χ4n) is 3.77. The van der Waals surface area contributed by atoms with Gasteiger partial charge in [0.2, 0.25) is 5.91 Å². The van der Waals surface area contributed by atoms with E-state index in [0.717, 1.165) is 30.9 Å². The first-order valence-electron chi connectivity index (χ1n) is 9.83. The third-order valence-corrected chi connectivity index (χ3v) is 5.41. The van der Waals surface area contributed by atoms with E-state index < -0.39 is 0 Å². The molecule has 5 heteroatoms. The lowest BCUT2D eigenvalue weighted by molar-refractivity contribution is -0.131. The number of likely N-dealkylation sites (N-methyl/N-ethyl adjacent to an activating group) is 1. The number of piperidine rings is 1. The predicted octanol–water partition coefficient (Wildman–Crippen LogP) is 4.04. The second kappa shape index (κ2) is 11.1. The molecule has 1 saturated heterocycles. The van der Waals surface area contributed by atoms with Crippen molar-refractivity contribution in [3.05, 3.63) is 65.7 Å². The molecule has 0 unspecified atom stereocenters. The van der Waals surface area contributed by atoms with Crippen LogP contribution in [0.3, 0.4) is 0 Å². The van der Waals surface area contributed by atoms with Gasteiger partial charge in [-0.25, -0.2) is 0 Å². The Kier molecular flexibility index (Phi) is 8.87. The van der Waals surface area contributed by atoms with Crippen LogP contribution in [0, 0.1) is 0 Å². The highest BCUT2D eigenvalue weighted by atomic mass is 32.1. The molecular weight excluding hydrogens is 368 g/mol. The van der Waals surface area contributed by atoms with Crippen LogP contribution in [0.5, 0.6) is 5.75 Å². The number of hydrogen-bond donors (Lipinski definition) is 0. The Morgan fingerprint density at radius 3 is 2.46 bits per heavy atom. The van der Waals surface area contributed by atoms with E-state index in [1.165, 1.54) is 24.8 Å². The monoisotopic (exact) mass is 400 g/mol. The number of carbonyl (C=O) groups excluding carboxylic acids is 1. The molecule has 1 aliphatic heterocycles. The van der Waals surface area contributed by atoms with Gasteiger partial charge < -0.3 is 14.5 Å². The van der Waals surface area contributed by atoms with Gasteiger partial charge in [-0.15, -0.1) is 0 Å². The Bertz CT molecular complexity index is 732. The molecule has 152 valence electrons. The molecule has 0 aliphatic carbocycles. The minimum Gasteiger partial charge on any atom is -0.497 e. The molecule has 1 fully saturated rings. The number of methoxy groups -OCH3 is 1. The summed E-state index contributed by atoms with van der Waals surface area (Å²) in [5, 5.41) is 0. The second-order valence-electron chi connectivity index (χ2n) is 7.32. The molecule has 2 aromatic carbocycles. The number of rotatable bonds is 7. The summed E-state index contributed by atoms with van der Waals surface area (Å²) in [6, 6.07) is 18.2. The summed E-state index contributed by atoms with van der Waals surface area (Å²) in [5.41, 5.74) is 2.18. The lowest BCUT2D eigenvalue weighted by Gasteiger charge is -2.35. The number of ether oxygens (including phenoxy) is 1. The molecule has 4 nitrogen and oxygen atoms in total. The van der Waals surface area contributed by atoms with Gasteiger partial charge in [-0.1, -0.05) is 48.9 Å². The Morgan fingerprint density at radius 2 is 1.79 bits per heavy atom. The number of hydrogen-bond acceptors (Lipinski definition) is 3. The van der Waals surface area contributed by atoms with Crippen molar-refractivity contribution in [2.75, 3.05) is 33.8 Å². The van der Waals surface area contributed by atoms with Crippen molar-refractivity contribution in [1.29, 1.82) is 0 Å². The van der Waals surface area contributed by atoms with E-state index in [2.05, 4.69) is 29.2 Å². The van der Waals surface area contributed by atoms with E-state index in [4.69, 9.17) is 4.74 Å². The zero-order chi connectivity index (χ0) is 19.1. The van der Waals surface area contributed by atoms with E-state index in [1.807, 2.05) is 42.3 Å². The smallest absolute Gasteiger partial charge is 0.227 e. The van der Waals surface area contributed by atoms with Crippen LogP contribution in [0.4, 0.5) is 0 Å². The van der Waals surface area contributed by atoms with Gasteiger partial charge in [-0.3, -0.25) is 4.79 Å². The molecule has 2 aromatic rings. The van der Waals surface area contributed by atoms with E-state index in [-0.39, 0.29) is 25.4 Å². The van der Waals surface area contributed by atoms with Crippen molar-refractivity contribution >= 4 is 19.4 Å². The molecule has 0 N–H and O–H groups in total. The van der Waals surface area contributed by atoms with Crippen LogP contribution in [-0.2, 0) is 11.2 Å². The Balaban J connectivity index is 0.00000280. The highest BCUT2D eigenvalue weighted by Gasteiger charge is 2.25. The quantitative estimate of drug-likeness (QED) is 0.703. The van der Waals surface area contributed by atoms with Crippen LogP contribution in [-0.4, -0.2) is 49.5 Å². The standard InChI is InChI=1S/C23H30N2O2.H2S/c1-24(23(26)17-19-10-9-13-21(16-19)27-2)22(20-11-5-3-6-12-20)18-25-14-7-4-8-15-25;/h3,5-6,9-13,16,22H,4,7-8,14-15,17-18H2,1-2H3;1H2/t22-;/m1./s1. The van der Waals surface area contributed by atoms with E-state index in [0.29, 0.717) is 6.42 Å². The number of amides is 1. The molecule has 1 amide bonds.